The summed E-state index contributed by atoms with van der Waals surface area (Å²) < 4.78 is 5.33. The molecule has 0 N–H and O–H groups in total. The van der Waals surface area contributed by atoms with E-state index in [1.54, 1.807) is 7.11 Å². The third-order valence-electron chi connectivity index (χ3n) is 3.06. The zero-order chi connectivity index (χ0) is 11.0. The third-order valence-corrected chi connectivity index (χ3v) is 3.06. The van der Waals surface area contributed by atoms with Gasteiger partial charge in [-0.25, -0.2) is 10.0 Å². The van der Waals surface area contributed by atoms with Crippen molar-refractivity contribution in [2.24, 2.45) is 0 Å². The quantitative estimate of drug-likeness (QED) is 0.705. The predicted molar refractivity (Wildman–Crippen MR) is 60.6 cm³/mol. The molecule has 1 aliphatic rings. The van der Waals surface area contributed by atoms with Crippen molar-refractivity contribution in [3.8, 4) is 5.75 Å². The third kappa shape index (κ3) is 1.98. The van der Waals surface area contributed by atoms with Crippen molar-refractivity contribution in [3.05, 3.63) is 29.3 Å². The summed E-state index contributed by atoms with van der Waals surface area (Å²) in [4.78, 5) is 0. The maximum absolute atomic E-state index is 5.33. The van der Waals surface area contributed by atoms with Gasteiger partial charge in [-0.15, -0.1) is 0 Å². The highest BCUT2D eigenvalue weighted by atomic mass is 16.5. The summed E-state index contributed by atoms with van der Waals surface area (Å²) in [6, 6.07) is 6.86. The van der Waals surface area contributed by atoms with Crippen molar-refractivity contribution < 1.29 is 4.74 Å². The molecule has 0 amide bonds. The minimum Gasteiger partial charge on any atom is -0.496 e. The van der Waals surface area contributed by atoms with Gasteiger partial charge in [0.15, 0.2) is 0 Å². The monoisotopic (exact) mass is 206 g/mol. The van der Waals surface area contributed by atoms with E-state index in [-0.39, 0.29) is 0 Å². The molecule has 1 aliphatic heterocycles. The molecule has 3 unspecified atom stereocenters. The largest absolute Gasteiger partial charge is 0.496 e. The summed E-state index contributed by atoms with van der Waals surface area (Å²) in [5, 5.41) is 4.51. The molecular formula is C12H18N2O. The van der Waals surface area contributed by atoms with Crippen molar-refractivity contribution in [2.45, 2.75) is 19.9 Å². The van der Waals surface area contributed by atoms with Crippen LogP contribution in [0.5, 0.6) is 5.75 Å². The first-order valence-corrected chi connectivity index (χ1v) is 5.25. The Bertz CT molecular complexity index is 365. The lowest BCUT2D eigenvalue weighted by atomic mass is 10.1. The number of rotatable bonds is 3. The number of hydrogen-bond donors (Lipinski definition) is 0. The van der Waals surface area contributed by atoms with E-state index < -0.39 is 0 Å². The summed E-state index contributed by atoms with van der Waals surface area (Å²) >= 11 is 0. The van der Waals surface area contributed by atoms with E-state index in [1.807, 2.05) is 0 Å². The van der Waals surface area contributed by atoms with E-state index in [1.165, 1.54) is 11.1 Å². The van der Waals surface area contributed by atoms with Gasteiger partial charge >= 0.3 is 0 Å². The first kappa shape index (κ1) is 10.5. The molecule has 1 aromatic rings. The SMILES string of the molecule is COc1cc(C(C)N2CN2C)ccc1C. The molecule has 0 spiro atoms. The lowest BCUT2D eigenvalue weighted by Gasteiger charge is -2.15. The Morgan fingerprint density at radius 1 is 1.40 bits per heavy atom. The van der Waals surface area contributed by atoms with Gasteiger partial charge in [0.2, 0.25) is 0 Å². The van der Waals surface area contributed by atoms with Crippen LogP contribution in [0.1, 0.15) is 24.1 Å². The Morgan fingerprint density at radius 2 is 2.07 bits per heavy atom. The lowest BCUT2D eigenvalue weighted by Crippen LogP contribution is -2.09. The average molecular weight is 206 g/mol. The average Bonchev–Trinajstić information content (AvgIpc) is 2.95. The summed E-state index contributed by atoms with van der Waals surface area (Å²) in [6.45, 7) is 5.34. The van der Waals surface area contributed by atoms with Crippen LogP contribution in [0.4, 0.5) is 0 Å². The van der Waals surface area contributed by atoms with Crippen LogP contribution < -0.4 is 4.74 Å². The molecule has 0 aromatic heterocycles. The van der Waals surface area contributed by atoms with E-state index >= 15 is 0 Å². The van der Waals surface area contributed by atoms with Gasteiger partial charge in [-0.3, -0.25) is 0 Å². The standard InChI is InChI=1S/C12H18N2O/c1-9-5-6-11(7-12(9)15-4)10(2)14-8-13(14)3/h5-7,10H,8H2,1-4H3. The Morgan fingerprint density at radius 3 is 2.60 bits per heavy atom. The molecule has 15 heavy (non-hydrogen) atoms. The van der Waals surface area contributed by atoms with Crippen LogP contribution in [-0.2, 0) is 0 Å². The normalized spacial score (nSPS) is 26.1. The van der Waals surface area contributed by atoms with E-state index in [0.29, 0.717) is 6.04 Å². The molecule has 2 rings (SSSR count). The maximum atomic E-state index is 5.33. The molecule has 0 aliphatic carbocycles. The van der Waals surface area contributed by atoms with Crippen LogP contribution in [0.25, 0.3) is 0 Å². The smallest absolute Gasteiger partial charge is 0.122 e. The van der Waals surface area contributed by atoms with Gasteiger partial charge in [0.1, 0.15) is 5.75 Å². The molecular weight excluding hydrogens is 188 g/mol. The van der Waals surface area contributed by atoms with Crippen LogP contribution in [0.15, 0.2) is 18.2 Å². The highest BCUT2D eigenvalue weighted by molar-refractivity contribution is 5.37. The van der Waals surface area contributed by atoms with Gasteiger partial charge in [0.05, 0.1) is 13.8 Å². The van der Waals surface area contributed by atoms with Gasteiger partial charge in [-0.1, -0.05) is 12.1 Å². The van der Waals surface area contributed by atoms with Crippen LogP contribution in [-0.4, -0.2) is 30.8 Å². The number of hydrogen-bond acceptors (Lipinski definition) is 3. The number of benzene rings is 1. The van der Waals surface area contributed by atoms with Crippen molar-refractivity contribution in [1.29, 1.82) is 0 Å². The van der Waals surface area contributed by atoms with Crippen molar-refractivity contribution in [3.63, 3.8) is 0 Å². The zero-order valence-electron chi connectivity index (χ0n) is 9.82. The Labute approximate surface area is 91.2 Å². The maximum Gasteiger partial charge on any atom is 0.122 e. The Kier molecular flexibility index (Phi) is 2.67. The Hall–Kier alpha value is -1.06. The van der Waals surface area contributed by atoms with Crippen LogP contribution in [0.3, 0.4) is 0 Å². The van der Waals surface area contributed by atoms with Crippen molar-refractivity contribution >= 4 is 0 Å². The molecule has 3 nitrogen and oxygen atoms in total. The number of methoxy groups -OCH3 is 1. The van der Waals surface area contributed by atoms with E-state index in [2.05, 4.69) is 49.1 Å². The van der Waals surface area contributed by atoms with Gasteiger partial charge in [0, 0.05) is 13.1 Å². The lowest BCUT2D eigenvalue weighted by molar-refractivity contribution is 0.284. The molecule has 1 aromatic carbocycles. The van der Waals surface area contributed by atoms with E-state index in [9.17, 15) is 0 Å². The van der Waals surface area contributed by atoms with E-state index in [4.69, 9.17) is 4.74 Å². The molecule has 0 saturated carbocycles. The van der Waals surface area contributed by atoms with Gasteiger partial charge in [-0.05, 0) is 31.0 Å². The summed E-state index contributed by atoms with van der Waals surface area (Å²) in [7, 11) is 3.82. The number of hydrazine groups is 1. The van der Waals surface area contributed by atoms with Crippen molar-refractivity contribution in [2.75, 3.05) is 20.8 Å². The number of nitrogens with zero attached hydrogens (tertiary/aromatic N) is 2. The topological polar surface area (TPSA) is 15.2 Å². The molecule has 1 saturated heterocycles. The number of ether oxygens (including phenoxy) is 1. The summed E-state index contributed by atoms with van der Waals surface area (Å²) in [5.41, 5.74) is 2.49. The second-order valence-electron chi connectivity index (χ2n) is 4.14. The zero-order valence-corrected chi connectivity index (χ0v) is 9.82. The number of aryl methyl sites for hydroxylation is 1. The second kappa shape index (κ2) is 3.83. The minimum atomic E-state index is 0.435. The van der Waals surface area contributed by atoms with Gasteiger partial charge in [0.25, 0.3) is 0 Å². The molecule has 82 valence electrons. The fraction of sp³-hybridized carbons (Fsp3) is 0.500. The van der Waals surface area contributed by atoms with Crippen LogP contribution in [0, 0.1) is 6.92 Å². The van der Waals surface area contributed by atoms with Crippen LogP contribution in [0.2, 0.25) is 0 Å². The highest BCUT2D eigenvalue weighted by Gasteiger charge is 2.32. The van der Waals surface area contributed by atoms with Gasteiger partial charge < -0.3 is 4.74 Å². The molecule has 0 bridgehead atoms. The molecule has 0 radical (unpaired) electrons. The fourth-order valence-corrected chi connectivity index (χ4v) is 1.87. The summed E-state index contributed by atoms with van der Waals surface area (Å²) in [5.74, 6) is 0.976. The van der Waals surface area contributed by atoms with E-state index in [0.717, 1.165) is 12.4 Å². The second-order valence-corrected chi connectivity index (χ2v) is 4.14. The summed E-state index contributed by atoms with van der Waals surface area (Å²) in [6.07, 6.45) is 0. The molecule has 1 heterocycles. The Balaban J connectivity index is 2.21. The molecule has 1 fully saturated rings. The minimum absolute atomic E-state index is 0.435. The fourth-order valence-electron chi connectivity index (χ4n) is 1.87. The van der Waals surface area contributed by atoms with Crippen molar-refractivity contribution in [1.82, 2.24) is 10.0 Å². The molecule has 3 atom stereocenters. The van der Waals surface area contributed by atoms with Gasteiger partial charge in [-0.2, -0.15) is 0 Å². The van der Waals surface area contributed by atoms with Crippen LogP contribution >= 0.6 is 0 Å². The predicted octanol–water partition coefficient (Wildman–Crippen LogP) is 2.18. The first-order valence-electron chi connectivity index (χ1n) is 5.25. The highest BCUT2D eigenvalue weighted by Crippen LogP contribution is 2.31. The first-order chi connectivity index (χ1) is 7.13. The molecule has 3 heteroatoms.